The lowest BCUT2D eigenvalue weighted by atomic mass is 9.96. The van der Waals surface area contributed by atoms with Crippen LogP contribution in [0.15, 0.2) is 62.8 Å². The Hall–Kier alpha value is -2.48. The summed E-state index contributed by atoms with van der Waals surface area (Å²) in [5.41, 5.74) is 1.46. The molecular weight excluding hydrogens is 416 g/mol. The van der Waals surface area contributed by atoms with E-state index >= 15 is 0 Å². The van der Waals surface area contributed by atoms with Crippen molar-refractivity contribution in [3.05, 3.63) is 88.2 Å². The first kappa shape index (κ1) is 18.9. The number of hydrogen-bond donors (Lipinski definition) is 0. The number of fused-ring (bicyclic) bond motifs is 1. The molecular formula is C20H15ClN2O3S2. The normalized spacial score (nSPS) is 16.7. The Balaban J connectivity index is 2.00. The van der Waals surface area contributed by atoms with Gasteiger partial charge >= 0.3 is 5.97 Å². The predicted molar refractivity (Wildman–Crippen MR) is 112 cm³/mol. The van der Waals surface area contributed by atoms with Crippen LogP contribution in [0.5, 0.6) is 0 Å². The van der Waals surface area contributed by atoms with Crippen molar-refractivity contribution in [1.29, 1.82) is 0 Å². The van der Waals surface area contributed by atoms with Crippen molar-refractivity contribution in [3.8, 4) is 0 Å². The third-order valence-electron chi connectivity index (χ3n) is 4.43. The van der Waals surface area contributed by atoms with E-state index in [9.17, 15) is 9.59 Å². The highest BCUT2D eigenvalue weighted by Gasteiger charge is 2.32. The van der Waals surface area contributed by atoms with E-state index in [1.807, 2.05) is 35.7 Å². The van der Waals surface area contributed by atoms with Gasteiger partial charge in [0.05, 0.1) is 29.0 Å². The molecule has 0 fully saturated rings. The molecule has 0 amide bonds. The average molecular weight is 431 g/mol. The van der Waals surface area contributed by atoms with Gasteiger partial charge in [-0.25, -0.2) is 9.79 Å². The summed E-state index contributed by atoms with van der Waals surface area (Å²) in [5.74, 6) is -0.506. The van der Waals surface area contributed by atoms with E-state index in [1.54, 1.807) is 35.0 Å². The van der Waals surface area contributed by atoms with E-state index in [4.69, 9.17) is 16.3 Å². The molecule has 142 valence electrons. The minimum absolute atomic E-state index is 0.189. The molecule has 0 saturated carbocycles. The Kier molecular flexibility index (Phi) is 5.05. The monoisotopic (exact) mass is 430 g/mol. The van der Waals surface area contributed by atoms with Crippen LogP contribution in [0.25, 0.3) is 6.08 Å². The maximum Gasteiger partial charge on any atom is 0.338 e. The van der Waals surface area contributed by atoms with E-state index in [1.165, 1.54) is 18.4 Å². The van der Waals surface area contributed by atoms with Gasteiger partial charge in [-0.3, -0.25) is 9.36 Å². The molecule has 0 aliphatic carbocycles. The molecule has 2 aromatic heterocycles. The number of methoxy groups -OCH3 is 1. The van der Waals surface area contributed by atoms with Crippen LogP contribution >= 0.6 is 34.3 Å². The van der Waals surface area contributed by atoms with Gasteiger partial charge in [-0.2, -0.15) is 0 Å². The predicted octanol–water partition coefficient (Wildman–Crippen LogP) is 3.12. The third-order valence-corrected chi connectivity index (χ3v) is 6.48. The van der Waals surface area contributed by atoms with Gasteiger partial charge in [0.25, 0.3) is 5.56 Å². The first-order valence-electron chi connectivity index (χ1n) is 8.39. The largest absolute Gasteiger partial charge is 0.466 e. The second-order valence-corrected chi connectivity index (χ2v) is 8.57. The Bertz CT molecular complexity index is 1250. The molecule has 1 aliphatic heterocycles. The Morgan fingerprint density at radius 2 is 2.04 bits per heavy atom. The number of nitrogens with zero attached hydrogens (tertiary/aromatic N) is 2. The fourth-order valence-electron chi connectivity index (χ4n) is 3.16. The molecule has 0 bridgehead atoms. The lowest BCUT2D eigenvalue weighted by Gasteiger charge is -2.24. The molecule has 1 atom stereocenters. The lowest BCUT2D eigenvalue weighted by Crippen LogP contribution is -2.39. The second kappa shape index (κ2) is 7.50. The molecule has 0 spiro atoms. The molecule has 4 rings (SSSR count). The lowest BCUT2D eigenvalue weighted by molar-refractivity contribution is -0.136. The van der Waals surface area contributed by atoms with E-state index in [0.717, 1.165) is 10.4 Å². The van der Waals surface area contributed by atoms with E-state index in [0.29, 0.717) is 25.6 Å². The smallest absolute Gasteiger partial charge is 0.338 e. The van der Waals surface area contributed by atoms with Gasteiger partial charge < -0.3 is 4.74 Å². The number of allylic oxidation sites excluding steroid dienone is 1. The van der Waals surface area contributed by atoms with Gasteiger partial charge in [-0.15, -0.1) is 11.3 Å². The number of aromatic nitrogens is 1. The van der Waals surface area contributed by atoms with Crippen LogP contribution in [0.2, 0.25) is 5.02 Å². The third kappa shape index (κ3) is 3.26. The quantitative estimate of drug-likeness (QED) is 0.600. The molecule has 3 aromatic rings. The van der Waals surface area contributed by atoms with Crippen molar-refractivity contribution in [3.63, 3.8) is 0 Å². The van der Waals surface area contributed by atoms with Crippen LogP contribution in [-0.4, -0.2) is 17.6 Å². The van der Waals surface area contributed by atoms with Gasteiger partial charge in [0.2, 0.25) is 0 Å². The maximum atomic E-state index is 13.2. The van der Waals surface area contributed by atoms with Gasteiger partial charge in [-0.1, -0.05) is 41.1 Å². The number of benzene rings is 1. The number of halogens is 1. The zero-order valence-corrected chi connectivity index (χ0v) is 17.4. The highest BCUT2D eigenvalue weighted by molar-refractivity contribution is 7.11. The van der Waals surface area contributed by atoms with Crippen LogP contribution in [0.1, 0.15) is 23.4 Å². The molecule has 28 heavy (non-hydrogen) atoms. The summed E-state index contributed by atoms with van der Waals surface area (Å²) in [6.45, 7) is 1.76. The van der Waals surface area contributed by atoms with E-state index in [-0.39, 0.29) is 5.56 Å². The molecule has 5 nitrogen and oxygen atoms in total. The summed E-state index contributed by atoms with van der Waals surface area (Å²) in [4.78, 5) is 31.8. The van der Waals surface area contributed by atoms with Crippen LogP contribution < -0.4 is 14.9 Å². The minimum atomic E-state index is -0.619. The van der Waals surface area contributed by atoms with Crippen LogP contribution in [0, 0.1) is 0 Å². The fraction of sp³-hybridized carbons (Fsp3) is 0.150. The van der Waals surface area contributed by atoms with Crippen LogP contribution in [0.3, 0.4) is 0 Å². The Morgan fingerprint density at radius 3 is 2.68 bits per heavy atom. The number of rotatable bonds is 3. The summed E-state index contributed by atoms with van der Waals surface area (Å²) in [7, 11) is 1.32. The van der Waals surface area contributed by atoms with Crippen molar-refractivity contribution in [2.45, 2.75) is 13.0 Å². The van der Waals surface area contributed by atoms with Gasteiger partial charge in [0.1, 0.15) is 0 Å². The van der Waals surface area contributed by atoms with Gasteiger partial charge in [0, 0.05) is 9.90 Å². The maximum absolute atomic E-state index is 13.2. The summed E-state index contributed by atoms with van der Waals surface area (Å²) < 4.78 is 7.11. The number of esters is 1. The molecule has 0 N–H and O–H groups in total. The van der Waals surface area contributed by atoms with Crippen molar-refractivity contribution in [1.82, 2.24) is 4.57 Å². The van der Waals surface area contributed by atoms with Crippen molar-refractivity contribution >= 4 is 46.3 Å². The minimum Gasteiger partial charge on any atom is -0.466 e. The number of thiazole rings is 1. The highest BCUT2D eigenvalue weighted by atomic mass is 35.5. The van der Waals surface area contributed by atoms with E-state index in [2.05, 4.69) is 4.99 Å². The Labute approximate surface area is 173 Å². The summed E-state index contributed by atoms with van der Waals surface area (Å²) in [6.07, 6.45) is 1.85. The number of carbonyl (C=O) groups is 1. The zero-order valence-electron chi connectivity index (χ0n) is 15.0. The molecule has 0 radical (unpaired) electrons. The average Bonchev–Trinajstić information content (AvgIpc) is 3.29. The van der Waals surface area contributed by atoms with Crippen molar-refractivity contribution < 1.29 is 9.53 Å². The zero-order chi connectivity index (χ0) is 19.8. The first-order chi connectivity index (χ1) is 13.5. The van der Waals surface area contributed by atoms with Crippen LogP contribution in [-0.2, 0) is 9.53 Å². The highest BCUT2D eigenvalue weighted by Crippen LogP contribution is 2.31. The van der Waals surface area contributed by atoms with Gasteiger partial charge in [0.15, 0.2) is 4.80 Å². The van der Waals surface area contributed by atoms with E-state index < -0.39 is 12.0 Å². The topological polar surface area (TPSA) is 60.7 Å². The molecule has 8 heteroatoms. The number of thiophene rings is 1. The molecule has 1 aromatic carbocycles. The fourth-order valence-corrected chi connectivity index (χ4v) is 5.05. The molecule has 1 aliphatic rings. The SMILES string of the molecule is COC(=O)C1=C(C)N=c2s/c(=C\c3cccs3)c(=O)n2C1c1ccc(Cl)cc1. The van der Waals surface area contributed by atoms with Crippen LogP contribution in [0.4, 0.5) is 0 Å². The number of carbonyl (C=O) groups excluding carboxylic acids is 1. The molecule has 1 unspecified atom stereocenters. The summed E-state index contributed by atoms with van der Waals surface area (Å²) in [5, 5.41) is 2.54. The standard InChI is InChI=1S/C20H15ClN2O3S2/c1-11-16(19(25)26-2)17(12-5-7-13(21)8-6-12)23-18(24)15(28-20(23)22-11)10-14-4-3-9-27-14/h3-10,17H,1-2H3/b15-10-. The molecule has 3 heterocycles. The Morgan fingerprint density at radius 1 is 1.29 bits per heavy atom. The first-order valence-corrected chi connectivity index (χ1v) is 10.5. The van der Waals surface area contributed by atoms with Gasteiger partial charge in [-0.05, 0) is 42.1 Å². The second-order valence-electron chi connectivity index (χ2n) is 6.14. The van der Waals surface area contributed by atoms with Crippen molar-refractivity contribution in [2.75, 3.05) is 7.11 Å². The molecule has 0 saturated heterocycles. The van der Waals surface area contributed by atoms with Crippen molar-refractivity contribution in [2.24, 2.45) is 4.99 Å². The number of ether oxygens (including phenoxy) is 1. The number of hydrogen-bond acceptors (Lipinski definition) is 6. The summed E-state index contributed by atoms with van der Waals surface area (Å²) in [6, 6.07) is 10.4. The summed E-state index contributed by atoms with van der Waals surface area (Å²) >= 11 is 8.89.